The average molecular weight is 482 g/mol. The van der Waals surface area contributed by atoms with E-state index in [1.54, 1.807) is 0 Å². The van der Waals surface area contributed by atoms with E-state index < -0.39 is 0 Å². The Balaban J connectivity index is 0.00000364. The lowest BCUT2D eigenvalue weighted by Crippen LogP contribution is -2.27. The first kappa shape index (κ1) is 23.2. The molecule has 0 aliphatic heterocycles. The number of nitrogens with one attached hydrogen (secondary N) is 1. The zero-order valence-electron chi connectivity index (χ0n) is 16.8. The van der Waals surface area contributed by atoms with E-state index in [1.165, 1.54) is 11.1 Å². The maximum absolute atomic E-state index is 6.06. The molecular weight excluding hydrogens is 451 g/mol. The fourth-order valence-corrected chi connectivity index (χ4v) is 2.62. The molecule has 3 N–H and O–H groups in total. The molecule has 2 rings (SSSR count). The summed E-state index contributed by atoms with van der Waals surface area (Å²) >= 11 is 0. The highest BCUT2D eigenvalue weighted by atomic mass is 127. The third kappa shape index (κ3) is 7.76. The van der Waals surface area contributed by atoms with Gasteiger partial charge >= 0.3 is 0 Å². The summed E-state index contributed by atoms with van der Waals surface area (Å²) < 4.78 is 5.64. The Hall–Kier alpha value is -1.80. The van der Waals surface area contributed by atoms with E-state index in [4.69, 9.17) is 10.5 Å². The predicted octanol–water partition coefficient (Wildman–Crippen LogP) is 4.43. The number of likely N-dealkylation sites (N-methyl/N-ethyl adjacent to an activating group) is 1. The lowest BCUT2D eigenvalue weighted by atomic mass is 10.0. The van der Waals surface area contributed by atoms with Crippen LogP contribution in [0.3, 0.4) is 0 Å². The maximum atomic E-state index is 6.06. The molecule has 148 valence electrons. The number of aryl methyl sites for hydroxylation is 1. The van der Waals surface area contributed by atoms with Crippen molar-refractivity contribution in [3.8, 4) is 5.75 Å². The van der Waals surface area contributed by atoms with Crippen LogP contribution in [0.1, 0.15) is 31.0 Å². The van der Waals surface area contributed by atoms with Crippen molar-refractivity contribution in [2.75, 3.05) is 26.0 Å². The van der Waals surface area contributed by atoms with Gasteiger partial charge in [-0.15, -0.1) is 24.0 Å². The standard InChI is InChI=1S/C21H30N4O.HI/c1-15(2)26-19-12-10-18(11-13-19)24-21(22)23-14-20(25(4)5)17-8-6-16(3)7-9-17;/h6-13,15,20H,14H2,1-5H3,(H3,22,23,24);1H. The van der Waals surface area contributed by atoms with Gasteiger partial charge in [-0.2, -0.15) is 0 Å². The van der Waals surface area contributed by atoms with E-state index in [1.807, 2.05) is 38.1 Å². The maximum Gasteiger partial charge on any atom is 0.193 e. The van der Waals surface area contributed by atoms with Gasteiger partial charge in [0.05, 0.1) is 18.7 Å². The van der Waals surface area contributed by atoms with Gasteiger partial charge in [0.15, 0.2) is 5.96 Å². The molecular formula is C21H31IN4O. The lowest BCUT2D eigenvalue weighted by Gasteiger charge is -2.23. The largest absolute Gasteiger partial charge is 0.491 e. The summed E-state index contributed by atoms with van der Waals surface area (Å²) in [6, 6.07) is 16.4. The summed E-state index contributed by atoms with van der Waals surface area (Å²) in [5.74, 6) is 1.24. The minimum Gasteiger partial charge on any atom is -0.491 e. The van der Waals surface area contributed by atoms with Gasteiger partial charge in [-0.05, 0) is 64.7 Å². The lowest BCUT2D eigenvalue weighted by molar-refractivity contribution is 0.242. The molecule has 0 amide bonds. The van der Waals surface area contributed by atoms with Crippen molar-refractivity contribution < 1.29 is 4.74 Å². The molecule has 0 saturated carbocycles. The number of hydrogen-bond donors (Lipinski definition) is 2. The van der Waals surface area contributed by atoms with Gasteiger partial charge in [0.2, 0.25) is 0 Å². The summed E-state index contributed by atoms with van der Waals surface area (Å²) in [6.45, 7) is 6.69. The quantitative estimate of drug-likeness (QED) is 0.348. The first-order chi connectivity index (χ1) is 12.3. The predicted molar refractivity (Wildman–Crippen MR) is 125 cm³/mol. The third-order valence-corrected chi connectivity index (χ3v) is 4.02. The Morgan fingerprint density at radius 3 is 2.19 bits per heavy atom. The molecule has 0 spiro atoms. The van der Waals surface area contributed by atoms with Crippen LogP contribution in [0.2, 0.25) is 0 Å². The number of guanidine groups is 1. The smallest absolute Gasteiger partial charge is 0.193 e. The molecule has 1 atom stereocenters. The van der Waals surface area contributed by atoms with Gasteiger partial charge < -0.3 is 20.7 Å². The van der Waals surface area contributed by atoms with Crippen molar-refractivity contribution in [3.05, 3.63) is 59.7 Å². The van der Waals surface area contributed by atoms with E-state index >= 15 is 0 Å². The molecule has 0 radical (unpaired) electrons. The number of nitrogens with zero attached hydrogens (tertiary/aromatic N) is 2. The number of rotatable bonds is 7. The van der Waals surface area contributed by atoms with Crippen molar-refractivity contribution in [1.82, 2.24) is 4.90 Å². The Labute approximate surface area is 180 Å². The second-order valence-corrected chi connectivity index (χ2v) is 6.93. The topological polar surface area (TPSA) is 62.9 Å². The molecule has 5 nitrogen and oxygen atoms in total. The van der Waals surface area contributed by atoms with Crippen LogP contribution in [-0.2, 0) is 0 Å². The number of anilines is 1. The minimum absolute atomic E-state index is 0. The fourth-order valence-electron chi connectivity index (χ4n) is 2.62. The fraction of sp³-hybridized carbons (Fsp3) is 0.381. The number of ether oxygens (including phenoxy) is 1. The van der Waals surface area contributed by atoms with Crippen molar-refractivity contribution in [2.45, 2.75) is 32.9 Å². The average Bonchev–Trinajstić information content (AvgIpc) is 2.57. The first-order valence-electron chi connectivity index (χ1n) is 8.92. The Morgan fingerprint density at radius 1 is 1.07 bits per heavy atom. The van der Waals surface area contributed by atoms with Crippen LogP contribution < -0.4 is 15.8 Å². The van der Waals surface area contributed by atoms with Crippen LogP contribution in [0.25, 0.3) is 0 Å². The molecule has 0 saturated heterocycles. The molecule has 2 aromatic rings. The van der Waals surface area contributed by atoms with E-state index in [0.29, 0.717) is 12.5 Å². The van der Waals surface area contributed by atoms with E-state index in [0.717, 1.165) is 11.4 Å². The van der Waals surface area contributed by atoms with Crippen molar-refractivity contribution in [2.24, 2.45) is 10.7 Å². The van der Waals surface area contributed by atoms with Gasteiger partial charge in [-0.3, -0.25) is 4.99 Å². The van der Waals surface area contributed by atoms with Gasteiger partial charge in [-0.25, -0.2) is 0 Å². The first-order valence-corrected chi connectivity index (χ1v) is 8.92. The number of benzene rings is 2. The number of halogens is 1. The zero-order chi connectivity index (χ0) is 19.1. The van der Waals surface area contributed by atoms with E-state index in [-0.39, 0.29) is 36.1 Å². The minimum atomic E-state index is 0. The Morgan fingerprint density at radius 2 is 1.67 bits per heavy atom. The molecule has 27 heavy (non-hydrogen) atoms. The normalized spacial score (nSPS) is 12.6. The summed E-state index contributed by atoms with van der Waals surface area (Å²) in [4.78, 5) is 6.67. The van der Waals surface area contributed by atoms with Gasteiger partial charge in [0, 0.05) is 5.69 Å². The number of nitrogens with two attached hydrogens (primary N) is 1. The van der Waals surface area contributed by atoms with Crippen LogP contribution >= 0.6 is 24.0 Å². The molecule has 0 aliphatic carbocycles. The van der Waals surface area contributed by atoms with E-state index in [2.05, 4.69) is 60.5 Å². The summed E-state index contributed by atoms with van der Waals surface area (Å²) in [5, 5.41) is 3.13. The second-order valence-electron chi connectivity index (χ2n) is 6.93. The van der Waals surface area contributed by atoms with Crippen LogP contribution in [0.5, 0.6) is 5.75 Å². The highest BCUT2D eigenvalue weighted by Crippen LogP contribution is 2.20. The number of hydrogen-bond acceptors (Lipinski definition) is 3. The molecule has 1 unspecified atom stereocenters. The third-order valence-electron chi connectivity index (χ3n) is 4.02. The SMILES string of the molecule is Cc1ccc(C(CN=C(N)Nc2ccc(OC(C)C)cc2)N(C)C)cc1.I. The Bertz CT molecular complexity index is 712. The van der Waals surface area contributed by atoms with Gasteiger partial charge in [0.25, 0.3) is 0 Å². The monoisotopic (exact) mass is 482 g/mol. The van der Waals surface area contributed by atoms with Gasteiger partial charge in [0.1, 0.15) is 5.75 Å². The summed E-state index contributed by atoms with van der Waals surface area (Å²) in [5.41, 5.74) is 9.43. The molecule has 0 aliphatic rings. The van der Waals surface area contributed by atoms with Crippen molar-refractivity contribution >= 4 is 35.6 Å². The van der Waals surface area contributed by atoms with Crippen LogP contribution in [0.15, 0.2) is 53.5 Å². The summed E-state index contributed by atoms with van der Waals surface area (Å²) in [6.07, 6.45) is 0.158. The molecule has 0 aromatic heterocycles. The molecule has 0 heterocycles. The van der Waals surface area contributed by atoms with Gasteiger partial charge in [-0.1, -0.05) is 29.8 Å². The Kier molecular flexibility index (Phi) is 9.59. The molecule has 0 bridgehead atoms. The van der Waals surface area contributed by atoms with E-state index in [9.17, 15) is 0 Å². The zero-order valence-corrected chi connectivity index (χ0v) is 19.1. The molecule has 0 fully saturated rings. The van der Waals surface area contributed by atoms with Crippen LogP contribution in [-0.4, -0.2) is 37.6 Å². The van der Waals surface area contributed by atoms with Crippen LogP contribution in [0.4, 0.5) is 5.69 Å². The molecule has 6 heteroatoms. The van der Waals surface area contributed by atoms with Crippen LogP contribution in [0, 0.1) is 6.92 Å². The summed E-state index contributed by atoms with van der Waals surface area (Å²) in [7, 11) is 4.11. The molecule has 2 aromatic carbocycles. The second kappa shape index (κ2) is 11.1. The number of aliphatic imine (C=N–C) groups is 1. The van der Waals surface area contributed by atoms with Crippen molar-refractivity contribution in [3.63, 3.8) is 0 Å². The van der Waals surface area contributed by atoms with Crippen molar-refractivity contribution in [1.29, 1.82) is 0 Å². The highest BCUT2D eigenvalue weighted by molar-refractivity contribution is 14.0. The highest BCUT2D eigenvalue weighted by Gasteiger charge is 2.13.